The third kappa shape index (κ3) is 4.93. The van der Waals surface area contributed by atoms with E-state index in [1.165, 1.54) is 0 Å². The molecule has 0 heterocycles. The van der Waals surface area contributed by atoms with Gasteiger partial charge < -0.3 is 26.8 Å². The molecule has 21 heavy (non-hydrogen) atoms. The van der Waals surface area contributed by atoms with E-state index in [2.05, 4.69) is 10.6 Å². The number of carboxylic acid groups (broad SMARTS) is 1. The van der Waals surface area contributed by atoms with Gasteiger partial charge in [0.2, 0.25) is 0 Å². The Kier molecular flexibility index (Phi) is 5.40. The van der Waals surface area contributed by atoms with Gasteiger partial charge in [0.05, 0.1) is 11.3 Å². The van der Waals surface area contributed by atoms with Crippen molar-refractivity contribution in [3.8, 4) is 0 Å². The summed E-state index contributed by atoms with van der Waals surface area (Å²) in [5.41, 5.74) is 3.53. The number of anilines is 1. The standard InChI is InChI=1S/C11H12F2N4O4/c12-6-4-7(13)8(3-5(6)9(18)19)17-11(21)16-2-1-15-10(14)20/h3-4H,1-2H2,(H,18,19)(H3,14,15,20)(H2,16,17,21). The van der Waals surface area contributed by atoms with Gasteiger partial charge in [0.1, 0.15) is 11.6 Å². The SMILES string of the molecule is NC(=O)NCCNC(=O)Nc1cc(C(=O)O)c(F)cc1F. The van der Waals surface area contributed by atoms with Crippen molar-refractivity contribution in [2.45, 2.75) is 0 Å². The lowest BCUT2D eigenvalue weighted by Crippen LogP contribution is -2.38. The highest BCUT2D eigenvalue weighted by molar-refractivity contribution is 5.93. The van der Waals surface area contributed by atoms with Gasteiger partial charge >= 0.3 is 18.0 Å². The maximum atomic E-state index is 13.4. The van der Waals surface area contributed by atoms with Crippen LogP contribution >= 0.6 is 0 Å². The Balaban J connectivity index is 2.65. The molecule has 8 nitrogen and oxygen atoms in total. The van der Waals surface area contributed by atoms with Gasteiger partial charge in [-0.25, -0.2) is 23.2 Å². The fourth-order valence-corrected chi connectivity index (χ4v) is 1.34. The predicted molar refractivity (Wildman–Crippen MR) is 67.9 cm³/mol. The molecule has 0 fully saturated rings. The Labute approximate surface area is 117 Å². The topological polar surface area (TPSA) is 134 Å². The number of nitrogens with two attached hydrogens (primary N) is 1. The molecular weight excluding hydrogens is 290 g/mol. The normalized spacial score (nSPS) is 9.81. The summed E-state index contributed by atoms with van der Waals surface area (Å²) in [4.78, 5) is 32.5. The predicted octanol–water partition coefficient (Wildman–Crippen LogP) is 0.453. The van der Waals surface area contributed by atoms with Crippen LogP contribution in [0.4, 0.5) is 24.1 Å². The number of carbonyl (C=O) groups excluding carboxylic acids is 2. The molecular formula is C11H12F2N4O4. The molecule has 1 rings (SSSR count). The number of hydrogen-bond donors (Lipinski definition) is 5. The van der Waals surface area contributed by atoms with Crippen LogP contribution in [0.3, 0.4) is 0 Å². The molecule has 6 N–H and O–H groups in total. The Morgan fingerprint density at radius 3 is 2.29 bits per heavy atom. The molecule has 0 bridgehead atoms. The second-order valence-electron chi connectivity index (χ2n) is 3.79. The van der Waals surface area contributed by atoms with Gasteiger partial charge in [-0.15, -0.1) is 0 Å². The summed E-state index contributed by atoms with van der Waals surface area (Å²) in [6.07, 6.45) is 0. The summed E-state index contributed by atoms with van der Waals surface area (Å²) in [5.74, 6) is -3.97. The lowest BCUT2D eigenvalue weighted by molar-refractivity contribution is 0.0691. The third-order valence-corrected chi connectivity index (χ3v) is 2.25. The fourth-order valence-electron chi connectivity index (χ4n) is 1.34. The first kappa shape index (κ1) is 16.1. The van der Waals surface area contributed by atoms with Gasteiger partial charge in [-0.2, -0.15) is 0 Å². The van der Waals surface area contributed by atoms with E-state index in [1.807, 2.05) is 5.32 Å². The fraction of sp³-hybridized carbons (Fsp3) is 0.182. The lowest BCUT2D eigenvalue weighted by Gasteiger charge is -2.09. The maximum Gasteiger partial charge on any atom is 0.338 e. The number of carboxylic acids is 1. The van der Waals surface area contributed by atoms with Crippen LogP contribution in [-0.4, -0.2) is 36.2 Å². The Hall–Kier alpha value is -2.91. The molecule has 0 aliphatic rings. The van der Waals surface area contributed by atoms with Crippen molar-refractivity contribution in [3.63, 3.8) is 0 Å². The zero-order chi connectivity index (χ0) is 16.0. The van der Waals surface area contributed by atoms with Gasteiger partial charge in [0, 0.05) is 19.2 Å². The third-order valence-electron chi connectivity index (χ3n) is 2.25. The van der Waals surface area contributed by atoms with Gasteiger partial charge in [-0.05, 0) is 6.07 Å². The molecule has 114 valence electrons. The molecule has 0 atom stereocenters. The van der Waals surface area contributed by atoms with Crippen molar-refractivity contribution in [3.05, 3.63) is 29.3 Å². The van der Waals surface area contributed by atoms with Gasteiger partial charge in [0.25, 0.3) is 0 Å². The molecule has 0 aliphatic carbocycles. The van der Waals surface area contributed by atoms with Crippen LogP contribution in [0.25, 0.3) is 0 Å². The number of carbonyl (C=O) groups is 3. The summed E-state index contributed by atoms with van der Waals surface area (Å²) < 4.78 is 26.5. The molecule has 1 aromatic carbocycles. The average molecular weight is 302 g/mol. The molecule has 0 radical (unpaired) electrons. The minimum absolute atomic E-state index is 0.00335. The minimum Gasteiger partial charge on any atom is -0.478 e. The van der Waals surface area contributed by atoms with Crippen LogP contribution in [0.1, 0.15) is 10.4 Å². The van der Waals surface area contributed by atoms with E-state index in [0.717, 1.165) is 0 Å². The number of primary amides is 1. The van der Waals surface area contributed by atoms with E-state index in [-0.39, 0.29) is 13.1 Å². The second-order valence-corrected chi connectivity index (χ2v) is 3.79. The molecule has 0 spiro atoms. The summed E-state index contributed by atoms with van der Waals surface area (Å²) in [6.45, 7) is 0.0540. The maximum absolute atomic E-state index is 13.4. The number of benzene rings is 1. The first-order chi connectivity index (χ1) is 9.81. The zero-order valence-electron chi connectivity index (χ0n) is 10.6. The van der Waals surface area contributed by atoms with Crippen molar-refractivity contribution in [1.82, 2.24) is 10.6 Å². The van der Waals surface area contributed by atoms with E-state index < -0.39 is 40.9 Å². The Morgan fingerprint density at radius 1 is 1.10 bits per heavy atom. The number of halogens is 2. The summed E-state index contributed by atoms with van der Waals surface area (Å²) in [5, 5.41) is 15.2. The van der Waals surface area contributed by atoms with Crippen molar-refractivity contribution in [1.29, 1.82) is 0 Å². The van der Waals surface area contributed by atoms with E-state index in [9.17, 15) is 23.2 Å². The highest BCUT2D eigenvalue weighted by Gasteiger charge is 2.16. The Bertz CT molecular complexity index is 580. The number of hydrogen-bond acceptors (Lipinski definition) is 3. The highest BCUT2D eigenvalue weighted by Crippen LogP contribution is 2.19. The van der Waals surface area contributed by atoms with Crippen molar-refractivity contribution in [2.75, 3.05) is 18.4 Å². The van der Waals surface area contributed by atoms with E-state index in [0.29, 0.717) is 12.1 Å². The molecule has 0 saturated carbocycles. The monoisotopic (exact) mass is 302 g/mol. The number of urea groups is 2. The van der Waals surface area contributed by atoms with Crippen LogP contribution in [0.15, 0.2) is 12.1 Å². The van der Waals surface area contributed by atoms with E-state index in [1.54, 1.807) is 0 Å². The van der Waals surface area contributed by atoms with E-state index >= 15 is 0 Å². The second kappa shape index (κ2) is 7.03. The Morgan fingerprint density at radius 2 is 1.71 bits per heavy atom. The van der Waals surface area contributed by atoms with Crippen LogP contribution < -0.4 is 21.7 Å². The number of rotatable bonds is 5. The quantitative estimate of drug-likeness (QED) is 0.505. The first-order valence-electron chi connectivity index (χ1n) is 5.61. The van der Waals surface area contributed by atoms with Crippen molar-refractivity contribution >= 4 is 23.7 Å². The minimum atomic E-state index is -1.60. The molecule has 10 heteroatoms. The zero-order valence-corrected chi connectivity index (χ0v) is 10.6. The first-order valence-corrected chi connectivity index (χ1v) is 5.61. The number of nitrogens with one attached hydrogen (secondary N) is 3. The molecule has 0 saturated heterocycles. The van der Waals surface area contributed by atoms with Crippen molar-refractivity contribution < 1.29 is 28.3 Å². The summed E-state index contributed by atoms with van der Waals surface area (Å²) >= 11 is 0. The summed E-state index contributed by atoms with van der Waals surface area (Å²) in [7, 11) is 0. The van der Waals surface area contributed by atoms with Crippen LogP contribution in [0.2, 0.25) is 0 Å². The van der Waals surface area contributed by atoms with Gasteiger partial charge in [-0.3, -0.25) is 0 Å². The number of amides is 4. The van der Waals surface area contributed by atoms with Gasteiger partial charge in [-0.1, -0.05) is 0 Å². The molecule has 0 unspecified atom stereocenters. The lowest BCUT2D eigenvalue weighted by atomic mass is 10.2. The number of aromatic carboxylic acids is 1. The highest BCUT2D eigenvalue weighted by atomic mass is 19.1. The average Bonchev–Trinajstić information content (AvgIpc) is 2.37. The van der Waals surface area contributed by atoms with Crippen LogP contribution in [0.5, 0.6) is 0 Å². The smallest absolute Gasteiger partial charge is 0.338 e. The van der Waals surface area contributed by atoms with E-state index in [4.69, 9.17) is 10.8 Å². The molecule has 0 aromatic heterocycles. The molecule has 0 aliphatic heterocycles. The molecule has 1 aromatic rings. The van der Waals surface area contributed by atoms with Crippen LogP contribution in [-0.2, 0) is 0 Å². The van der Waals surface area contributed by atoms with Gasteiger partial charge in [0.15, 0.2) is 0 Å². The summed E-state index contributed by atoms with van der Waals surface area (Å²) in [6, 6.07) is -0.613. The molecule has 4 amide bonds. The van der Waals surface area contributed by atoms with Crippen LogP contribution in [0, 0.1) is 11.6 Å². The van der Waals surface area contributed by atoms with Crippen molar-refractivity contribution in [2.24, 2.45) is 5.73 Å². The largest absolute Gasteiger partial charge is 0.478 e.